The van der Waals surface area contributed by atoms with Crippen molar-refractivity contribution in [3.8, 4) is 0 Å². The van der Waals surface area contributed by atoms with E-state index in [0.717, 1.165) is 30.0 Å². The first-order valence-electron chi connectivity index (χ1n) is 7.34. The molecule has 0 unspecified atom stereocenters. The summed E-state index contributed by atoms with van der Waals surface area (Å²) in [7, 11) is 0. The summed E-state index contributed by atoms with van der Waals surface area (Å²) < 4.78 is 0. The monoisotopic (exact) mass is 325 g/mol. The Labute approximate surface area is 136 Å². The summed E-state index contributed by atoms with van der Waals surface area (Å²) in [4.78, 5) is 13.1. The number of amides is 1. The molecule has 0 radical (unpaired) electrons. The number of alkyl halides is 1. The van der Waals surface area contributed by atoms with Crippen LogP contribution in [0.15, 0.2) is 46.2 Å². The van der Waals surface area contributed by atoms with Crippen LogP contribution in [0.3, 0.4) is 0 Å². The van der Waals surface area contributed by atoms with Gasteiger partial charge >= 0.3 is 0 Å². The Bertz CT molecular complexity index is 513. The molecule has 1 amide bonds. The van der Waals surface area contributed by atoms with Crippen LogP contribution >= 0.6 is 23.2 Å². The fourth-order valence-corrected chi connectivity index (χ4v) is 2.85. The Morgan fingerprint density at radius 2 is 2.24 bits per heavy atom. The first kappa shape index (κ1) is 16.4. The van der Waals surface area contributed by atoms with Crippen molar-refractivity contribution in [2.45, 2.75) is 32.6 Å². The lowest BCUT2D eigenvalue weighted by Crippen LogP contribution is -2.24. The van der Waals surface area contributed by atoms with Crippen LogP contribution < -0.4 is 0 Å². The third-order valence-electron chi connectivity index (χ3n) is 3.79. The predicted octanol–water partition coefficient (Wildman–Crippen LogP) is 4.77. The van der Waals surface area contributed by atoms with E-state index < -0.39 is 0 Å². The van der Waals surface area contributed by atoms with Gasteiger partial charge in [0, 0.05) is 17.3 Å². The van der Waals surface area contributed by atoms with Crippen molar-refractivity contribution in [1.29, 1.82) is 0 Å². The lowest BCUT2D eigenvalue weighted by Gasteiger charge is -2.21. The highest BCUT2D eigenvalue weighted by atomic mass is 35.5. The number of nitrogens with zero attached hydrogens (tertiary/aromatic N) is 1. The van der Waals surface area contributed by atoms with E-state index in [1.165, 1.54) is 24.0 Å². The fraction of sp³-hybridized carbons (Fsp3) is 0.471. The third-order valence-corrected chi connectivity index (χ3v) is 4.46. The van der Waals surface area contributed by atoms with E-state index in [4.69, 9.17) is 23.2 Å². The highest BCUT2D eigenvalue weighted by Crippen LogP contribution is 2.32. The largest absolute Gasteiger partial charge is 0.318 e. The Morgan fingerprint density at radius 3 is 2.86 bits per heavy atom. The molecule has 0 N–H and O–H groups in total. The maximum absolute atomic E-state index is 11.3. The molecule has 114 valence electrons. The Hall–Kier alpha value is -0.990. The van der Waals surface area contributed by atoms with Gasteiger partial charge in [0.15, 0.2) is 0 Å². The van der Waals surface area contributed by atoms with Gasteiger partial charge in [0.2, 0.25) is 6.41 Å². The van der Waals surface area contributed by atoms with Gasteiger partial charge in [-0.2, -0.15) is 0 Å². The second-order valence-corrected chi connectivity index (χ2v) is 6.35. The van der Waals surface area contributed by atoms with Gasteiger partial charge in [-0.1, -0.05) is 35.4 Å². The molecule has 0 atom stereocenters. The summed E-state index contributed by atoms with van der Waals surface area (Å²) in [6, 6.07) is 0. The molecule has 2 rings (SSSR count). The Balaban J connectivity index is 2.00. The molecule has 1 fully saturated rings. The smallest absolute Gasteiger partial charge is 0.213 e. The second kappa shape index (κ2) is 7.86. The molecule has 0 aromatic carbocycles. The molecule has 2 aliphatic rings. The number of hydrogen-bond acceptors (Lipinski definition) is 1. The maximum Gasteiger partial charge on any atom is 0.213 e. The van der Waals surface area contributed by atoms with Crippen molar-refractivity contribution >= 4 is 29.6 Å². The molecular weight excluding hydrogens is 305 g/mol. The average molecular weight is 326 g/mol. The van der Waals surface area contributed by atoms with Crippen molar-refractivity contribution in [2.75, 3.05) is 12.4 Å². The number of hydrogen-bond donors (Lipinski definition) is 0. The zero-order chi connectivity index (χ0) is 15.2. The molecular formula is C17H21Cl2NO. The summed E-state index contributed by atoms with van der Waals surface area (Å²) >= 11 is 12.3. The van der Waals surface area contributed by atoms with Crippen molar-refractivity contribution in [1.82, 2.24) is 4.90 Å². The predicted molar refractivity (Wildman–Crippen MR) is 89.3 cm³/mol. The van der Waals surface area contributed by atoms with E-state index in [-0.39, 0.29) is 0 Å². The molecule has 0 aromatic rings. The van der Waals surface area contributed by atoms with E-state index in [2.05, 4.69) is 19.1 Å². The molecule has 2 aliphatic carbocycles. The molecule has 1 saturated carbocycles. The maximum atomic E-state index is 11.3. The number of halogens is 2. The van der Waals surface area contributed by atoms with Crippen LogP contribution in [0.2, 0.25) is 0 Å². The van der Waals surface area contributed by atoms with E-state index in [9.17, 15) is 4.79 Å². The van der Waals surface area contributed by atoms with Crippen molar-refractivity contribution in [2.24, 2.45) is 5.92 Å². The second-order valence-electron chi connectivity index (χ2n) is 5.68. The summed E-state index contributed by atoms with van der Waals surface area (Å²) in [6.07, 6.45) is 13.0. The molecule has 0 aliphatic heterocycles. The SMILES string of the molecule is CC1=CC=CC(Cl)=C(CCN(C=O)/C(=C/C2CC2)CCl)C1. The number of carbonyl (C=O) groups excluding carboxylic acids is 1. The highest BCUT2D eigenvalue weighted by Gasteiger charge is 2.21. The molecule has 21 heavy (non-hydrogen) atoms. The van der Waals surface area contributed by atoms with E-state index in [1.807, 2.05) is 12.2 Å². The van der Waals surface area contributed by atoms with Crippen LogP contribution in [-0.2, 0) is 4.79 Å². The third kappa shape index (κ3) is 5.05. The van der Waals surface area contributed by atoms with Crippen LogP contribution in [0.5, 0.6) is 0 Å². The number of rotatable bonds is 7. The zero-order valence-corrected chi connectivity index (χ0v) is 13.8. The Kier molecular flexibility index (Phi) is 6.13. The standard InChI is InChI=1S/C17H21Cl2NO/c1-13-3-2-4-17(19)15(9-13)7-8-20(12-21)16(11-18)10-14-5-6-14/h2-4,10,12,14H,5-9,11H2,1H3/b16-10+. The van der Waals surface area contributed by atoms with Gasteiger partial charge in [-0.3, -0.25) is 4.79 Å². The zero-order valence-electron chi connectivity index (χ0n) is 12.3. The minimum absolute atomic E-state index is 0.376. The van der Waals surface area contributed by atoms with Crippen LogP contribution in [0.1, 0.15) is 32.6 Å². The molecule has 0 aromatic heterocycles. The molecule has 2 nitrogen and oxygen atoms in total. The average Bonchev–Trinajstić information content (AvgIpc) is 3.29. The van der Waals surface area contributed by atoms with Gasteiger partial charge in [-0.25, -0.2) is 0 Å². The van der Waals surface area contributed by atoms with Crippen LogP contribution in [-0.4, -0.2) is 23.7 Å². The van der Waals surface area contributed by atoms with Gasteiger partial charge in [0.25, 0.3) is 0 Å². The minimum Gasteiger partial charge on any atom is -0.318 e. The number of allylic oxidation sites excluding steroid dienone is 7. The molecule has 0 spiro atoms. The van der Waals surface area contributed by atoms with E-state index in [1.54, 1.807) is 4.90 Å². The van der Waals surface area contributed by atoms with E-state index in [0.29, 0.717) is 18.3 Å². The van der Waals surface area contributed by atoms with Crippen LogP contribution in [0, 0.1) is 5.92 Å². The van der Waals surface area contributed by atoms with Gasteiger partial charge < -0.3 is 4.90 Å². The van der Waals surface area contributed by atoms with Crippen molar-refractivity contribution in [3.05, 3.63) is 46.2 Å². The fourth-order valence-electron chi connectivity index (χ4n) is 2.37. The van der Waals surface area contributed by atoms with Crippen molar-refractivity contribution < 1.29 is 4.79 Å². The Morgan fingerprint density at radius 1 is 1.48 bits per heavy atom. The topological polar surface area (TPSA) is 20.3 Å². The van der Waals surface area contributed by atoms with Gasteiger partial charge in [0.1, 0.15) is 0 Å². The summed E-state index contributed by atoms with van der Waals surface area (Å²) in [5.74, 6) is 0.982. The quantitative estimate of drug-likeness (QED) is 0.488. The highest BCUT2D eigenvalue weighted by molar-refractivity contribution is 6.31. The summed E-state index contributed by atoms with van der Waals surface area (Å²) in [5.41, 5.74) is 3.37. The van der Waals surface area contributed by atoms with Crippen LogP contribution in [0.25, 0.3) is 0 Å². The molecule has 0 saturated heterocycles. The normalized spacial score (nSPS) is 19.4. The van der Waals surface area contributed by atoms with Gasteiger partial charge in [-0.15, -0.1) is 11.6 Å². The van der Waals surface area contributed by atoms with Gasteiger partial charge in [-0.05, 0) is 50.2 Å². The minimum atomic E-state index is 0.376. The lowest BCUT2D eigenvalue weighted by atomic mass is 10.0. The first-order chi connectivity index (χ1) is 10.1. The van der Waals surface area contributed by atoms with E-state index >= 15 is 0 Å². The molecule has 4 heteroatoms. The summed E-state index contributed by atoms with van der Waals surface area (Å²) in [6.45, 7) is 2.72. The van der Waals surface area contributed by atoms with Crippen molar-refractivity contribution in [3.63, 3.8) is 0 Å². The number of carbonyl (C=O) groups is 1. The lowest BCUT2D eigenvalue weighted by molar-refractivity contribution is -0.116. The summed E-state index contributed by atoms with van der Waals surface area (Å²) in [5, 5.41) is 0.785. The molecule has 0 bridgehead atoms. The first-order valence-corrected chi connectivity index (χ1v) is 8.25. The molecule has 0 heterocycles. The van der Waals surface area contributed by atoms with Gasteiger partial charge in [0.05, 0.1) is 5.88 Å². The van der Waals surface area contributed by atoms with Crippen LogP contribution in [0.4, 0.5) is 0 Å².